The minimum Gasteiger partial charge on any atom is -0.381 e. The van der Waals surface area contributed by atoms with Crippen LogP contribution in [-0.2, 0) is 19.1 Å². The van der Waals surface area contributed by atoms with Crippen molar-refractivity contribution in [3.05, 3.63) is 29.8 Å². The van der Waals surface area contributed by atoms with Gasteiger partial charge in [-0.2, -0.15) is 5.26 Å². The van der Waals surface area contributed by atoms with E-state index in [2.05, 4.69) is 17.6 Å². The normalized spacial score (nSPS) is 10.1. The van der Waals surface area contributed by atoms with Crippen LogP contribution in [0.4, 0.5) is 5.69 Å². The lowest BCUT2D eigenvalue weighted by Crippen LogP contribution is -2.30. The van der Waals surface area contributed by atoms with Gasteiger partial charge in [0.1, 0.15) is 13.2 Å². The maximum absolute atomic E-state index is 11.7. The highest BCUT2D eigenvalue weighted by Crippen LogP contribution is 2.08. The fourth-order valence-electron chi connectivity index (χ4n) is 1.86. The van der Waals surface area contributed by atoms with Gasteiger partial charge in [-0.05, 0) is 37.1 Å². The number of carbonyl (C=O) groups excluding carboxylic acids is 2. The number of hydrogen-bond acceptors (Lipinski definition) is 5. The van der Waals surface area contributed by atoms with Crippen molar-refractivity contribution in [1.82, 2.24) is 5.32 Å². The molecule has 0 bridgehead atoms. The van der Waals surface area contributed by atoms with Crippen molar-refractivity contribution >= 4 is 17.5 Å². The van der Waals surface area contributed by atoms with Crippen molar-refractivity contribution in [1.29, 1.82) is 5.26 Å². The van der Waals surface area contributed by atoms with Gasteiger partial charge in [-0.1, -0.05) is 13.3 Å². The first-order valence-electron chi connectivity index (χ1n) is 8.38. The molecular weight excluding hydrogens is 322 g/mol. The molecule has 0 heterocycles. The molecular formula is C18H25N3O4. The summed E-state index contributed by atoms with van der Waals surface area (Å²) in [5, 5.41) is 14.0. The molecule has 0 aliphatic carbocycles. The second-order valence-electron chi connectivity index (χ2n) is 5.40. The van der Waals surface area contributed by atoms with Crippen molar-refractivity contribution in [3.8, 4) is 6.07 Å². The predicted molar refractivity (Wildman–Crippen MR) is 94.0 cm³/mol. The summed E-state index contributed by atoms with van der Waals surface area (Å²) < 4.78 is 10.5. The predicted octanol–water partition coefficient (Wildman–Crippen LogP) is 1.84. The molecule has 7 heteroatoms. The molecule has 1 aromatic rings. The molecule has 0 atom stereocenters. The smallest absolute Gasteiger partial charge is 0.250 e. The van der Waals surface area contributed by atoms with E-state index in [0.29, 0.717) is 24.4 Å². The van der Waals surface area contributed by atoms with Gasteiger partial charge in [0, 0.05) is 25.4 Å². The number of nitrogens with zero attached hydrogens (tertiary/aromatic N) is 1. The Kier molecular flexibility index (Phi) is 10.7. The van der Waals surface area contributed by atoms with Gasteiger partial charge in [-0.3, -0.25) is 9.59 Å². The molecule has 0 aliphatic heterocycles. The minimum atomic E-state index is -0.359. The van der Waals surface area contributed by atoms with E-state index in [0.717, 1.165) is 25.9 Å². The van der Waals surface area contributed by atoms with Crippen LogP contribution in [0.5, 0.6) is 0 Å². The molecule has 1 rings (SSSR count). The number of benzene rings is 1. The van der Waals surface area contributed by atoms with Gasteiger partial charge in [-0.15, -0.1) is 0 Å². The zero-order valence-corrected chi connectivity index (χ0v) is 14.5. The summed E-state index contributed by atoms with van der Waals surface area (Å²) in [6.07, 6.45) is 2.90. The highest BCUT2D eigenvalue weighted by molar-refractivity contribution is 5.91. The topological polar surface area (TPSA) is 100 Å². The van der Waals surface area contributed by atoms with Crippen molar-refractivity contribution in [2.24, 2.45) is 0 Å². The number of ether oxygens (including phenoxy) is 2. The van der Waals surface area contributed by atoms with Crippen LogP contribution in [0.1, 0.15) is 31.7 Å². The monoisotopic (exact) mass is 347 g/mol. The molecule has 0 aromatic heterocycles. The molecule has 7 nitrogen and oxygen atoms in total. The quantitative estimate of drug-likeness (QED) is 0.562. The number of unbranched alkanes of at least 4 members (excludes halogenated alkanes) is 1. The largest absolute Gasteiger partial charge is 0.381 e. The number of hydrogen-bond donors (Lipinski definition) is 2. The summed E-state index contributed by atoms with van der Waals surface area (Å²) in [5.74, 6) is -0.624. The van der Waals surface area contributed by atoms with Gasteiger partial charge in [-0.25, -0.2) is 0 Å². The highest BCUT2D eigenvalue weighted by atomic mass is 16.5. The van der Waals surface area contributed by atoms with Gasteiger partial charge in [0.25, 0.3) is 0 Å². The molecule has 0 unspecified atom stereocenters. The van der Waals surface area contributed by atoms with Gasteiger partial charge in [0.05, 0.1) is 11.6 Å². The molecule has 136 valence electrons. The Morgan fingerprint density at radius 2 is 1.72 bits per heavy atom. The molecule has 0 saturated heterocycles. The Morgan fingerprint density at radius 1 is 1.04 bits per heavy atom. The molecule has 0 fully saturated rings. The van der Waals surface area contributed by atoms with E-state index in [1.807, 2.05) is 6.07 Å². The van der Waals surface area contributed by atoms with E-state index < -0.39 is 0 Å². The number of rotatable bonds is 12. The van der Waals surface area contributed by atoms with Crippen LogP contribution in [0.3, 0.4) is 0 Å². The second kappa shape index (κ2) is 12.9. The molecule has 25 heavy (non-hydrogen) atoms. The summed E-state index contributed by atoms with van der Waals surface area (Å²) in [5.41, 5.74) is 1.09. The highest BCUT2D eigenvalue weighted by Gasteiger charge is 2.05. The number of nitrogens with one attached hydrogen (secondary N) is 2. The zero-order valence-electron chi connectivity index (χ0n) is 14.5. The van der Waals surface area contributed by atoms with Gasteiger partial charge < -0.3 is 20.1 Å². The third-order valence-electron chi connectivity index (χ3n) is 3.19. The van der Waals surface area contributed by atoms with Crippen molar-refractivity contribution < 1.29 is 19.1 Å². The summed E-state index contributed by atoms with van der Waals surface area (Å²) in [7, 11) is 0. The Bertz CT molecular complexity index is 567. The lowest BCUT2D eigenvalue weighted by atomic mass is 10.2. The van der Waals surface area contributed by atoms with Gasteiger partial charge in [0.2, 0.25) is 11.8 Å². The molecule has 0 radical (unpaired) electrons. The lowest BCUT2D eigenvalue weighted by molar-refractivity contribution is -0.128. The Balaban J connectivity index is 2.06. The van der Waals surface area contributed by atoms with E-state index in [1.54, 1.807) is 24.3 Å². The minimum absolute atomic E-state index is 0.169. The van der Waals surface area contributed by atoms with Crippen molar-refractivity contribution in [2.45, 2.75) is 26.2 Å². The summed E-state index contributed by atoms with van der Waals surface area (Å²) in [6, 6.07) is 8.47. The SMILES string of the molecule is CCCCOCCCNC(=O)COCC(=O)Nc1ccc(C#N)cc1. The van der Waals surface area contributed by atoms with Gasteiger partial charge >= 0.3 is 0 Å². The molecule has 1 aromatic carbocycles. The number of anilines is 1. The summed E-state index contributed by atoms with van der Waals surface area (Å²) >= 11 is 0. The number of nitriles is 1. The van der Waals surface area contributed by atoms with E-state index >= 15 is 0 Å². The average molecular weight is 347 g/mol. The maximum atomic E-state index is 11.7. The maximum Gasteiger partial charge on any atom is 0.250 e. The first-order chi connectivity index (χ1) is 12.2. The Morgan fingerprint density at radius 3 is 2.40 bits per heavy atom. The molecule has 2 N–H and O–H groups in total. The standard InChI is InChI=1S/C18H25N3O4/c1-2-3-10-24-11-4-9-20-17(22)13-25-14-18(23)21-16-7-5-15(12-19)6-8-16/h5-8H,2-4,9-11,13-14H2,1H3,(H,20,22)(H,21,23). The van der Waals surface area contributed by atoms with Gasteiger partial charge in [0.15, 0.2) is 0 Å². The lowest BCUT2D eigenvalue weighted by Gasteiger charge is -2.08. The average Bonchev–Trinajstić information content (AvgIpc) is 2.61. The fraction of sp³-hybridized carbons (Fsp3) is 0.500. The molecule has 0 aliphatic rings. The van der Waals surface area contributed by atoms with Crippen LogP contribution in [0.15, 0.2) is 24.3 Å². The molecule has 0 spiro atoms. The van der Waals surface area contributed by atoms with Crippen LogP contribution in [0.25, 0.3) is 0 Å². The van der Waals surface area contributed by atoms with Crippen LogP contribution in [0, 0.1) is 11.3 Å². The molecule has 2 amide bonds. The Hall–Kier alpha value is -2.43. The van der Waals surface area contributed by atoms with Crippen LogP contribution < -0.4 is 10.6 Å². The summed E-state index contributed by atoms with van der Waals surface area (Å²) in [6.45, 7) is 3.61. The molecule has 0 saturated carbocycles. The van der Waals surface area contributed by atoms with E-state index in [9.17, 15) is 9.59 Å². The van der Waals surface area contributed by atoms with Crippen LogP contribution >= 0.6 is 0 Å². The number of carbonyl (C=O) groups is 2. The first kappa shape index (κ1) is 20.6. The van der Waals surface area contributed by atoms with Crippen molar-refractivity contribution in [2.75, 3.05) is 38.3 Å². The van der Waals surface area contributed by atoms with Crippen LogP contribution in [0.2, 0.25) is 0 Å². The second-order valence-corrected chi connectivity index (χ2v) is 5.40. The zero-order chi connectivity index (χ0) is 18.3. The Labute approximate surface area is 148 Å². The van der Waals surface area contributed by atoms with Crippen LogP contribution in [-0.4, -0.2) is 44.8 Å². The third kappa shape index (κ3) is 10.1. The summed E-state index contributed by atoms with van der Waals surface area (Å²) in [4.78, 5) is 23.2. The van der Waals surface area contributed by atoms with E-state index in [1.165, 1.54) is 0 Å². The third-order valence-corrected chi connectivity index (χ3v) is 3.19. The number of amides is 2. The fourth-order valence-corrected chi connectivity index (χ4v) is 1.86. The van der Waals surface area contributed by atoms with Crippen molar-refractivity contribution in [3.63, 3.8) is 0 Å². The first-order valence-corrected chi connectivity index (χ1v) is 8.38. The van der Waals surface area contributed by atoms with E-state index in [-0.39, 0.29) is 25.0 Å². The van der Waals surface area contributed by atoms with E-state index in [4.69, 9.17) is 14.7 Å².